The van der Waals surface area contributed by atoms with Crippen molar-refractivity contribution in [3.63, 3.8) is 0 Å². The molecular weight excluding hydrogens is 258 g/mol. The number of hydrogen-bond acceptors (Lipinski definition) is 4. The van der Waals surface area contributed by atoms with Crippen LogP contribution >= 0.6 is 0 Å². The second kappa shape index (κ2) is 5.19. The van der Waals surface area contributed by atoms with Crippen LogP contribution in [0, 0.1) is 0 Å². The summed E-state index contributed by atoms with van der Waals surface area (Å²) >= 11 is 0. The number of rotatable bonds is 3. The Labute approximate surface area is 121 Å². The molecule has 0 aromatic carbocycles. The second-order valence-electron chi connectivity index (χ2n) is 7.43. The smallest absolute Gasteiger partial charge is 0.408 e. The molecule has 1 atom stereocenters. The number of ether oxygens (including phenoxy) is 2. The highest BCUT2D eigenvalue weighted by Crippen LogP contribution is 2.45. The monoisotopic (exact) mass is 285 g/mol. The zero-order chi connectivity index (χ0) is 15.0. The average Bonchev–Trinajstić information content (AvgIpc) is 2.27. The molecule has 2 saturated heterocycles. The molecule has 2 bridgehead atoms. The lowest BCUT2D eigenvalue weighted by Crippen LogP contribution is -2.63. The fourth-order valence-electron chi connectivity index (χ4n) is 3.25. The number of fused-ring (bicyclic) bond motifs is 3. The molecule has 5 heteroatoms. The Morgan fingerprint density at radius 3 is 2.35 bits per heavy atom. The van der Waals surface area contributed by atoms with Gasteiger partial charge in [0.25, 0.3) is 0 Å². The van der Waals surface area contributed by atoms with E-state index in [0.717, 1.165) is 25.7 Å². The van der Waals surface area contributed by atoms with Crippen LogP contribution in [0.2, 0.25) is 0 Å². The quantitative estimate of drug-likeness (QED) is 0.835. The first-order valence-corrected chi connectivity index (χ1v) is 7.47. The van der Waals surface area contributed by atoms with Crippen LogP contribution in [-0.2, 0) is 9.47 Å². The van der Waals surface area contributed by atoms with Gasteiger partial charge in [-0.15, -0.1) is 0 Å². The molecule has 2 aliphatic heterocycles. The standard InChI is InChI=1S/C15H27NO4/c1-11(17)9-15-7-5-14(6-8-15,10-19-15)16-12(18)20-13(2,3)4/h11,17H,5-10H2,1-4H3,(H,16,18). The molecule has 1 amide bonds. The van der Waals surface area contributed by atoms with Crippen LogP contribution in [-0.4, -0.2) is 40.7 Å². The minimum Gasteiger partial charge on any atom is -0.444 e. The van der Waals surface area contributed by atoms with E-state index in [1.807, 2.05) is 20.8 Å². The molecule has 1 saturated carbocycles. The number of amides is 1. The maximum Gasteiger partial charge on any atom is 0.408 e. The van der Waals surface area contributed by atoms with E-state index in [4.69, 9.17) is 9.47 Å². The van der Waals surface area contributed by atoms with Gasteiger partial charge in [-0.3, -0.25) is 0 Å². The van der Waals surface area contributed by atoms with Gasteiger partial charge in [-0.25, -0.2) is 4.79 Å². The maximum atomic E-state index is 11.9. The highest BCUT2D eigenvalue weighted by Gasteiger charge is 2.51. The van der Waals surface area contributed by atoms with Crippen LogP contribution < -0.4 is 5.32 Å². The number of hydrogen-bond donors (Lipinski definition) is 2. The molecule has 116 valence electrons. The molecular formula is C15H27NO4. The van der Waals surface area contributed by atoms with Gasteiger partial charge in [0, 0.05) is 6.42 Å². The molecule has 0 radical (unpaired) electrons. The number of carbonyl (C=O) groups excluding carboxylic acids is 1. The summed E-state index contributed by atoms with van der Waals surface area (Å²) in [5, 5.41) is 12.6. The summed E-state index contributed by atoms with van der Waals surface area (Å²) in [6.07, 6.45) is 3.50. The third kappa shape index (κ3) is 3.64. The SMILES string of the molecule is CC(O)CC12CCC(NC(=O)OC(C)(C)C)(CC1)CO2. The Balaban J connectivity index is 1.92. The lowest BCUT2D eigenvalue weighted by atomic mass is 9.69. The third-order valence-electron chi connectivity index (χ3n) is 4.21. The van der Waals surface area contributed by atoms with Crippen molar-refractivity contribution < 1.29 is 19.4 Å². The molecule has 3 rings (SSSR count). The Kier molecular flexibility index (Phi) is 4.04. The summed E-state index contributed by atoms with van der Waals surface area (Å²) in [5.74, 6) is 0. The maximum absolute atomic E-state index is 11.9. The highest BCUT2D eigenvalue weighted by atomic mass is 16.6. The summed E-state index contributed by atoms with van der Waals surface area (Å²) in [4.78, 5) is 11.9. The van der Waals surface area contributed by atoms with Crippen molar-refractivity contribution in [1.29, 1.82) is 0 Å². The molecule has 3 aliphatic rings. The van der Waals surface area contributed by atoms with Crippen molar-refractivity contribution in [3.05, 3.63) is 0 Å². The van der Waals surface area contributed by atoms with E-state index < -0.39 is 5.60 Å². The number of nitrogens with one attached hydrogen (secondary N) is 1. The van der Waals surface area contributed by atoms with Crippen molar-refractivity contribution in [2.45, 2.75) is 82.6 Å². The van der Waals surface area contributed by atoms with Crippen molar-refractivity contribution in [2.24, 2.45) is 0 Å². The summed E-state index contributed by atoms with van der Waals surface area (Å²) in [7, 11) is 0. The van der Waals surface area contributed by atoms with Crippen LogP contribution in [0.15, 0.2) is 0 Å². The molecule has 1 unspecified atom stereocenters. The molecule has 0 spiro atoms. The topological polar surface area (TPSA) is 67.8 Å². The van der Waals surface area contributed by atoms with E-state index in [-0.39, 0.29) is 23.3 Å². The largest absolute Gasteiger partial charge is 0.444 e. The van der Waals surface area contributed by atoms with Gasteiger partial charge in [0.2, 0.25) is 0 Å². The molecule has 0 aromatic heterocycles. The van der Waals surface area contributed by atoms with Gasteiger partial charge in [-0.2, -0.15) is 0 Å². The van der Waals surface area contributed by atoms with E-state index in [2.05, 4.69) is 5.32 Å². The first-order chi connectivity index (χ1) is 9.14. The Morgan fingerprint density at radius 1 is 1.35 bits per heavy atom. The molecule has 0 aromatic rings. The normalized spacial score (nSPS) is 34.6. The fourth-order valence-corrected chi connectivity index (χ4v) is 3.25. The van der Waals surface area contributed by atoms with E-state index in [9.17, 15) is 9.90 Å². The molecule has 20 heavy (non-hydrogen) atoms. The molecule has 3 fully saturated rings. The van der Waals surface area contributed by atoms with Crippen molar-refractivity contribution in [1.82, 2.24) is 5.32 Å². The molecule has 2 N–H and O–H groups in total. The first kappa shape index (κ1) is 15.6. The lowest BCUT2D eigenvalue weighted by molar-refractivity contribution is -0.173. The second-order valence-corrected chi connectivity index (χ2v) is 7.43. The van der Waals surface area contributed by atoms with Crippen molar-refractivity contribution in [2.75, 3.05) is 6.61 Å². The third-order valence-corrected chi connectivity index (χ3v) is 4.21. The van der Waals surface area contributed by atoms with E-state index in [1.54, 1.807) is 6.92 Å². The fraction of sp³-hybridized carbons (Fsp3) is 0.933. The van der Waals surface area contributed by atoms with E-state index >= 15 is 0 Å². The number of aliphatic hydroxyl groups excluding tert-OH is 1. The average molecular weight is 285 g/mol. The summed E-state index contributed by atoms with van der Waals surface area (Å²) in [6, 6.07) is 0. The Hall–Kier alpha value is -0.810. The van der Waals surface area contributed by atoms with Crippen molar-refractivity contribution in [3.8, 4) is 0 Å². The highest BCUT2D eigenvalue weighted by molar-refractivity contribution is 5.69. The van der Waals surface area contributed by atoms with Crippen LogP contribution in [0.3, 0.4) is 0 Å². The van der Waals surface area contributed by atoms with Gasteiger partial charge in [0.1, 0.15) is 5.60 Å². The zero-order valence-corrected chi connectivity index (χ0v) is 13.0. The zero-order valence-electron chi connectivity index (χ0n) is 13.0. The number of alkyl carbamates (subject to hydrolysis) is 1. The van der Waals surface area contributed by atoms with Gasteiger partial charge in [0.15, 0.2) is 0 Å². The summed E-state index contributed by atoms with van der Waals surface area (Å²) in [6.45, 7) is 7.88. The van der Waals surface area contributed by atoms with Gasteiger partial charge >= 0.3 is 6.09 Å². The van der Waals surface area contributed by atoms with Crippen LogP contribution in [0.25, 0.3) is 0 Å². The van der Waals surface area contributed by atoms with E-state index in [0.29, 0.717) is 13.0 Å². The van der Waals surface area contributed by atoms with Gasteiger partial charge in [0.05, 0.1) is 23.9 Å². The lowest BCUT2D eigenvalue weighted by Gasteiger charge is -2.53. The van der Waals surface area contributed by atoms with Crippen LogP contribution in [0.4, 0.5) is 4.79 Å². The van der Waals surface area contributed by atoms with Crippen LogP contribution in [0.5, 0.6) is 0 Å². The van der Waals surface area contributed by atoms with Crippen LogP contribution in [0.1, 0.15) is 59.8 Å². The molecule has 1 aliphatic carbocycles. The minimum absolute atomic E-state index is 0.189. The number of aliphatic hydroxyl groups is 1. The molecule has 2 heterocycles. The van der Waals surface area contributed by atoms with Crippen molar-refractivity contribution >= 4 is 6.09 Å². The predicted molar refractivity (Wildman–Crippen MR) is 75.5 cm³/mol. The number of carbonyl (C=O) groups is 1. The minimum atomic E-state index is -0.485. The summed E-state index contributed by atoms with van der Waals surface area (Å²) in [5.41, 5.74) is -0.963. The van der Waals surface area contributed by atoms with E-state index in [1.165, 1.54) is 0 Å². The predicted octanol–water partition coefficient (Wildman–Crippen LogP) is 2.36. The Bertz CT molecular complexity index is 348. The summed E-state index contributed by atoms with van der Waals surface area (Å²) < 4.78 is 11.3. The van der Waals surface area contributed by atoms with Gasteiger partial charge in [-0.1, -0.05) is 0 Å². The first-order valence-electron chi connectivity index (χ1n) is 7.47. The van der Waals surface area contributed by atoms with Gasteiger partial charge < -0.3 is 19.9 Å². The molecule has 5 nitrogen and oxygen atoms in total. The Morgan fingerprint density at radius 2 is 1.95 bits per heavy atom. The van der Waals surface area contributed by atoms with Gasteiger partial charge in [-0.05, 0) is 53.4 Å².